The van der Waals surface area contributed by atoms with Gasteiger partial charge in [-0.25, -0.2) is 4.98 Å². The van der Waals surface area contributed by atoms with Gasteiger partial charge in [-0.05, 0) is 31.2 Å². The summed E-state index contributed by atoms with van der Waals surface area (Å²) in [6, 6.07) is 0.612. The van der Waals surface area contributed by atoms with Crippen molar-refractivity contribution in [1.29, 1.82) is 0 Å². The number of hydrogen-bond acceptors (Lipinski definition) is 3. The Kier molecular flexibility index (Phi) is 4.36. The first-order valence-corrected chi connectivity index (χ1v) is 7.25. The lowest BCUT2D eigenvalue weighted by molar-refractivity contribution is 0.354. The molecule has 1 aliphatic rings. The minimum absolute atomic E-state index is 0.612. The summed E-state index contributed by atoms with van der Waals surface area (Å²) in [6.45, 7) is 5.64. The minimum Gasteiger partial charge on any atom is -0.314 e. The molecule has 0 aromatic carbocycles. The number of nitrogens with zero attached hydrogens (tertiary/aromatic N) is 1. The van der Waals surface area contributed by atoms with E-state index in [-0.39, 0.29) is 0 Å². The Morgan fingerprint density at radius 1 is 1.44 bits per heavy atom. The molecule has 1 aliphatic carbocycles. The Labute approximate surface area is 102 Å². The fourth-order valence-electron chi connectivity index (χ4n) is 2.62. The molecule has 1 fully saturated rings. The van der Waals surface area contributed by atoms with Crippen LogP contribution in [0.25, 0.3) is 0 Å². The highest BCUT2D eigenvalue weighted by Gasteiger charge is 2.27. The highest BCUT2D eigenvalue weighted by molar-refractivity contribution is 7.09. The minimum atomic E-state index is 0.612. The molecule has 0 bridgehead atoms. The topological polar surface area (TPSA) is 24.9 Å². The Morgan fingerprint density at radius 2 is 2.25 bits per heavy atom. The van der Waals surface area contributed by atoms with Gasteiger partial charge in [-0.15, -0.1) is 11.3 Å². The number of hydrogen-bond donors (Lipinski definition) is 1. The van der Waals surface area contributed by atoms with Crippen LogP contribution in [-0.4, -0.2) is 17.6 Å². The fraction of sp³-hybridized carbons (Fsp3) is 0.769. The molecule has 1 N–H and O–H groups in total. The van der Waals surface area contributed by atoms with E-state index in [0.29, 0.717) is 6.04 Å². The molecule has 1 saturated carbocycles. The van der Waals surface area contributed by atoms with Crippen molar-refractivity contribution in [2.75, 3.05) is 6.54 Å². The van der Waals surface area contributed by atoms with Crippen molar-refractivity contribution < 1.29 is 0 Å². The van der Waals surface area contributed by atoms with Gasteiger partial charge < -0.3 is 5.32 Å². The van der Waals surface area contributed by atoms with Gasteiger partial charge in [0.05, 0.1) is 5.01 Å². The Morgan fingerprint density at radius 3 is 2.94 bits per heavy atom. The number of aromatic nitrogens is 1. The summed E-state index contributed by atoms with van der Waals surface area (Å²) in [4.78, 5) is 4.41. The second-order valence-electron chi connectivity index (χ2n) is 5.14. The highest BCUT2D eigenvalue weighted by atomic mass is 32.1. The molecule has 0 aliphatic heterocycles. The van der Waals surface area contributed by atoms with Crippen LogP contribution in [0, 0.1) is 11.8 Å². The predicted octanol–water partition coefficient (Wildman–Crippen LogP) is 3.10. The van der Waals surface area contributed by atoms with Gasteiger partial charge in [-0.2, -0.15) is 0 Å². The second-order valence-corrected chi connectivity index (χ2v) is 6.12. The Hall–Kier alpha value is -0.410. The molecule has 0 spiro atoms. The van der Waals surface area contributed by atoms with Gasteiger partial charge in [0.15, 0.2) is 0 Å². The van der Waals surface area contributed by atoms with Crippen molar-refractivity contribution in [3.8, 4) is 0 Å². The van der Waals surface area contributed by atoms with Crippen LogP contribution in [0.3, 0.4) is 0 Å². The largest absolute Gasteiger partial charge is 0.314 e. The molecule has 1 aromatic rings. The summed E-state index contributed by atoms with van der Waals surface area (Å²) >= 11 is 1.80. The third-order valence-corrected chi connectivity index (χ3v) is 4.33. The summed E-state index contributed by atoms with van der Waals surface area (Å²) in [5.74, 6) is 1.73. The van der Waals surface area contributed by atoms with Crippen molar-refractivity contribution in [1.82, 2.24) is 10.3 Å². The summed E-state index contributed by atoms with van der Waals surface area (Å²) in [6.07, 6.45) is 7.32. The van der Waals surface area contributed by atoms with Crippen LogP contribution >= 0.6 is 11.3 Å². The van der Waals surface area contributed by atoms with Crippen LogP contribution in [-0.2, 0) is 6.42 Å². The van der Waals surface area contributed by atoms with Crippen molar-refractivity contribution in [3.63, 3.8) is 0 Å². The van der Waals surface area contributed by atoms with E-state index in [1.807, 2.05) is 6.20 Å². The van der Waals surface area contributed by atoms with Crippen molar-refractivity contribution in [2.24, 2.45) is 11.8 Å². The molecule has 2 rings (SSSR count). The van der Waals surface area contributed by atoms with Gasteiger partial charge in [-0.1, -0.05) is 20.3 Å². The number of thiazole rings is 1. The lowest BCUT2D eigenvalue weighted by atomic mass is 9.93. The lowest BCUT2D eigenvalue weighted by Crippen LogP contribution is -2.31. The first kappa shape index (κ1) is 12.1. The third-order valence-electron chi connectivity index (χ3n) is 3.53. The molecule has 1 aromatic heterocycles. The first-order chi connectivity index (χ1) is 7.75. The summed E-state index contributed by atoms with van der Waals surface area (Å²) < 4.78 is 0. The van der Waals surface area contributed by atoms with Gasteiger partial charge in [0.25, 0.3) is 0 Å². The van der Waals surface area contributed by atoms with Crippen LogP contribution in [0.15, 0.2) is 11.6 Å². The highest BCUT2D eigenvalue weighted by Crippen LogP contribution is 2.34. The molecule has 2 nitrogen and oxygen atoms in total. The van der Waals surface area contributed by atoms with E-state index in [9.17, 15) is 0 Å². The lowest BCUT2D eigenvalue weighted by Gasteiger charge is -2.20. The quantitative estimate of drug-likeness (QED) is 0.852. The molecule has 1 heterocycles. The molecular weight excluding hydrogens is 216 g/mol. The summed E-state index contributed by atoms with van der Waals surface area (Å²) in [5, 5.41) is 6.99. The monoisotopic (exact) mass is 238 g/mol. The molecule has 16 heavy (non-hydrogen) atoms. The van der Waals surface area contributed by atoms with Crippen LogP contribution < -0.4 is 5.32 Å². The maximum atomic E-state index is 4.41. The maximum Gasteiger partial charge on any atom is 0.0927 e. The zero-order valence-electron chi connectivity index (χ0n) is 10.3. The van der Waals surface area contributed by atoms with E-state index < -0.39 is 0 Å². The summed E-state index contributed by atoms with van der Waals surface area (Å²) in [5.41, 5.74) is 0. The van der Waals surface area contributed by atoms with E-state index in [4.69, 9.17) is 0 Å². The zero-order valence-corrected chi connectivity index (χ0v) is 11.1. The van der Waals surface area contributed by atoms with Crippen LogP contribution in [0.2, 0.25) is 0 Å². The molecule has 0 amide bonds. The van der Waals surface area contributed by atoms with Gasteiger partial charge in [0.1, 0.15) is 0 Å². The van der Waals surface area contributed by atoms with Gasteiger partial charge in [0.2, 0.25) is 0 Å². The zero-order chi connectivity index (χ0) is 11.4. The van der Waals surface area contributed by atoms with E-state index in [0.717, 1.165) is 11.8 Å². The predicted molar refractivity (Wildman–Crippen MR) is 69.8 cm³/mol. The number of rotatable bonds is 5. The van der Waals surface area contributed by atoms with Crippen molar-refractivity contribution in [3.05, 3.63) is 16.6 Å². The Bertz CT molecular complexity index is 295. The molecule has 90 valence electrons. The van der Waals surface area contributed by atoms with Crippen molar-refractivity contribution in [2.45, 2.75) is 45.6 Å². The second kappa shape index (κ2) is 5.78. The van der Waals surface area contributed by atoms with Crippen molar-refractivity contribution >= 4 is 11.3 Å². The van der Waals surface area contributed by atoms with E-state index in [2.05, 4.69) is 29.5 Å². The van der Waals surface area contributed by atoms with Crippen LogP contribution in [0.1, 0.15) is 38.1 Å². The van der Waals surface area contributed by atoms with Crippen LogP contribution in [0.4, 0.5) is 0 Å². The van der Waals surface area contributed by atoms with Gasteiger partial charge in [0, 0.05) is 24.0 Å². The van der Waals surface area contributed by atoms with E-state index in [1.54, 1.807) is 11.3 Å². The fourth-order valence-corrected chi connectivity index (χ4v) is 3.33. The molecule has 2 unspecified atom stereocenters. The van der Waals surface area contributed by atoms with Crippen LogP contribution in [0.5, 0.6) is 0 Å². The molecule has 0 saturated heterocycles. The normalized spacial score (nSPS) is 25.4. The number of nitrogens with one attached hydrogen (secondary N) is 1. The third kappa shape index (κ3) is 3.29. The molecule has 3 heteroatoms. The standard InChI is InChI=1S/C13H22N2S/c1-10(2)15-9-12-5-3-4-11(12)8-13-14-6-7-16-13/h6-7,10-12,15H,3-5,8-9H2,1-2H3. The molecule has 0 radical (unpaired) electrons. The van der Waals surface area contributed by atoms with E-state index in [1.165, 1.54) is 37.2 Å². The average Bonchev–Trinajstić information content (AvgIpc) is 2.87. The average molecular weight is 238 g/mol. The first-order valence-electron chi connectivity index (χ1n) is 6.37. The Balaban J connectivity index is 1.83. The molecular formula is C13H22N2S. The van der Waals surface area contributed by atoms with Gasteiger partial charge in [-0.3, -0.25) is 0 Å². The maximum absolute atomic E-state index is 4.41. The molecule has 2 atom stereocenters. The summed E-state index contributed by atoms with van der Waals surface area (Å²) in [7, 11) is 0. The van der Waals surface area contributed by atoms with Gasteiger partial charge >= 0.3 is 0 Å². The van der Waals surface area contributed by atoms with E-state index >= 15 is 0 Å². The smallest absolute Gasteiger partial charge is 0.0927 e. The SMILES string of the molecule is CC(C)NCC1CCCC1Cc1nccs1.